The van der Waals surface area contributed by atoms with Gasteiger partial charge in [-0.15, -0.1) is 0 Å². The monoisotopic (exact) mass is 266 g/mol. The van der Waals surface area contributed by atoms with Crippen LogP contribution in [0, 0.1) is 11.3 Å². The minimum absolute atomic E-state index is 0.134. The summed E-state index contributed by atoms with van der Waals surface area (Å²) in [5.41, 5.74) is 0. The number of hydrogen-bond acceptors (Lipinski definition) is 4. The molecule has 0 saturated carbocycles. The Balaban J connectivity index is 2.27. The Kier molecular flexibility index (Phi) is 8.04. The molecule has 1 saturated heterocycles. The van der Waals surface area contributed by atoms with Gasteiger partial charge in [0.2, 0.25) is 0 Å². The quantitative estimate of drug-likeness (QED) is 0.669. The molecule has 1 aliphatic rings. The van der Waals surface area contributed by atoms with Gasteiger partial charge in [-0.3, -0.25) is 9.80 Å². The topological polar surface area (TPSA) is 33.5 Å². The maximum absolute atomic E-state index is 9.20. The number of piperazine rings is 1. The van der Waals surface area contributed by atoms with Crippen LogP contribution in [0.15, 0.2) is 0 Å². The summed E-state index contributed by atoms with van der Waals surface area (Å²) in [5, 5.41) is 9.20. The van der Waals surface area contributed by atoms with Gasteiger partial charge in [0.15, 0.2) is 0 Å². The van der Waals surface area contributed by atoms with Gasteiger partial charge in [-0.25, -0.2) is 0 Å². The molecule has 0 aromatic heterocycles. The molecule has 0 spiro atoms. The first-order valence-corrected chi connectivity index (χ1v) is 7.83. The minimum atomic E-state index is 0.134. The SMILES string of the molecule is CCCC(C#N)N1CCN(CCN(CC)CC)CC1. The zero-order chi connectivity index (χ0) is 14.1. The molecule has 0 aromatic rings. The van der Waals surface area contributed by atoms with Gasteiger partial charge < -0.3 is 4.90 Å². The van der Waals surface area contributed by atoms with Crippen molar-refractivity contribution in [1.29, 1.82) is 5.26 Å². The zero-order valence-electron chi connectivity index (χ0n) is 12.9. The van der Waals surface area contributed by atoms with E-state index in [-0.39, 0.29) is 6.04 Å². The molecule has 1 rings (SSSR count). The van der Waals surface area contributed by atoms with Gasteiger partial charge in [0.1, 0.15) is 0 Å². The molecular formula is C15H30N4. The van der Waals surface area contributed by atoms with E-state index < -0.39 is 0 Å². The van der Waals surface area contributed by atoms with Gasteiger partial charge in [-0.1, -0.05) is 27.2 Å². The second-order valence-corrected chi connectivity index (χ2v) is 5.34. The molecule has 19 heavy (non-hydrogen) atoms. The van der Waals surface area contributed by atoms with Crippen molar-refractivity contribution in [2.75, 3.05) is 52.4 Å². The van der Waals surface area contributed by atoms with Crippen LogP contribution in [0.4, 0.5) is 0 Å². The van der Waals surface area contributed by atoms with Crippen LogP contribution in [-0.4, -0.2) is 73.1 Å². The van der Waals surface area contributed by atoms with Crippen LogP contribution >= 0.6 is 0 Å². The Hall–Kier alpha value is -0.630. The van der Waals surface area contributed by atoms with Gasteiger partial charge in [0, 0.05) is 39.3 Å². The van der Waals surface area contributed by atoms with Gasteiger partial charge in [-0.2, -0.15) is 5.26 Å². The van der Waals surface area contributed by atoms with E-state index in [0.29, 0.717) is 0 Å². The molecular weight excluding hydrogens is 236 g/mol. The lowest BCUT2D eigenvalue weighted by Crippen LogP contribution is -2.51. The van der Waals surface area contributed by atoms with Crippen molar-refractivity contribution in [1.82, 2.24) is 14.7 Å². The zero-order valence-corrected chi connectivity index (χ0v) is 12.9. The van der Waals surface area contributed by atoms with Crippen molar-refractivity contribution in [3.63, 3.8) is 0 Å². The Labute approximate surface area is 119 Å². The van der Waals surface area contributed by atoms with Crippen LogP contribution in [0.25, 0.3) is 0 Å². The summed E-state index contributed by atoms with van der Waals surface area (Å²) in [6, 6.07) is 2.59. The van der Waals surface area contributed by atoms with Crippen molar-refractivity contribution in [2.45, 2.75) is 39.7 Å². The van der Waals surface area contributed by atoms with E-state index in [1.54, 1.807) is 0 Å². The van der Waals surface area contributed by atoms with E-state index >= 15 is 0 Å². The van der Waals surface area contributed by atoms with Gasteiger partial charge >= 0.3 is 0 Å². The Morgan fingerprint density at radius 2 is 1.74 bits per heavy atom. The van der Waals surface area contributed by atoms with Crippen LogP contribution in [0.2, 0.25) is 0 Å². The highest BCUT2D eigenvalue weighted by atomic mass is 15.3. The highest BCUT2D eigenvalue weighted by molar-refractivity contribution is 4.93. The highest BCUT2D eigenvalue weighted by Crippen LogP contribution is 2.10. The van der Waals surface area contributed by atoms with E-state index in [0.717, 1.165) is 52.1 Å². The van der Waals surface area contributed by atoms with Crippen LogP contribution in [0.1, 0.15) is 33.6 Å². The highest BCUT2D eigenvalue weighted by Gasteiger charge is 2.22. The third-order valence-electron chi connectivity index (χ3n) is 4.19. The normalized spacial score (nSPS) is 19.5. The predicted octanol–water partition coefficient (Wildman–Crippen LogP) is 1.64. The van der Waals surface area contributed by atoms with Crippen molar-refractivity contribution in [3.8, 4) is 6.07 Å². The largest absolute Gasteiger partial charge is 0.303 e. The number of rotatable bonds is 8. The van der Waals surface area contributed by atoms with Crippen LogP contribution in [0.3, 0.4) is 0 Å². The molecule has 1 fully saturated rings. The molecule has 1 heterocycles. The van der Waals surface area contributed by atoms with E-state index in [1.165, 1.54) is 13.1 Å². The number of hydrogen-bond donors (Lipinski definition) is 0. The van der Waals surface area contributed by atoms with Crippen molar-refractivity contribution >= 4 is 0 Å². The van der Waals surface area contributed by atoms with Crippen molar-refractivity contribution in [2.24, 2.45) is 0 Å². The molecule has 4 heteroatoms. The average molecular weight is 266 g/mol. The van der Waals surface area contributed by atoms with E-state index in [1.807, 2.05) is 0 Å². The second-order valence-electron chi connectivity index (χ2n) is 5.34. The number of nitriles is 1. The standard InChI is InChI=1S/C15H30N4/c1-4-7-15(14-16)19-12-10-18(11-13-19)9-8-17(5-2)6-3/h15H,4-13H2,1-3H3. The lowest BCUT2D eigenvalue weighted by molar-refractivity contribution is 0.102. The van der Waals surface area contributed by atoms with Crippen molar-refractivity contribution in [3.05, 3.63) is 0 Å². The Morgan fingerprint density at radius 1 is 1.11 bits per heavy atom. The summed E-state index contributed by atoms with van der Waals surface area (Å²) < 4.78 is 0. The molecule has 1 unspecified atom stereocenters. The van der Waals surface area contributed by atoms with Gasteiger partial charge in [0.25, 0.3) is 0 Å². The Morgan fingerprint density at radius 3 is 2.21 bits per heavy atom. The van der Waals surface area contributed by atoms with Crippen LogP contribution < -0.4 is 0 Å². The molecule has 0 N–H and O–H groups in total. The smallest absolute Gasteiger partial charge is 0.0978 e. The van der Waals surface area contributed by atoms with Gasteiger partial charge in [0.05, 0.1) is 12.1 Å². The van der Waals surface area contributed by atoms with Gasteiger partial charge in [-0.05, 0) is 19.5 Å². The molecule has 0 aliphatic carbocycles. The lowest BCUT2D eigenvalue weighted by Gasteiger charge is -2.37. The third-order valence-corrected chi connectivity index (χ3v) is 4.19. The number of likely N-dealkylation sites (N-methyl/N-ethyl adjacent to an activating group) is 1. The molecule has 0 radical (unpaired) electrons. The molecule has 0 aromatic carbocycles. The maximum atomic E-state index is 9.20. The molecule has 110 valence electrons. The summed E-state index contributed by atoms with van der Waals surface area (Å²) in [6.45, 7) is 15.6. The lowest BCUT2D eigenvalue weighted by atomic mass is 10.1. The van der Waals surface area contributed by atoms with Crippen molar-refractivity contribution < 1.29 is 0 Å². The van der Waals surface area contributed by atoms with E-state index in [9.17, 15) is 5.26 Å². The van der Waals surface area contributed by atoms with Crippen LogP contribution in [-0.2, 0) is 0 Å². The molecule has 4 nitrogen and oxygen atoms in total. The molecule has 0 bridgehead atoms. The predicted molar refractivity (Wildman–Crippen MR) is 80.1 cm³/mol. The Bertz CT molecular complexity index is 262. The summed E-state index contributed by atoms with van der Waals surface area (Å²) in [4.78, 5) is 7.37. The first-order valence-electron chi connectivity index (χ1n) is 7.83. The fourth-order valence-electron chi connectivity index (χ4n) is 2.72. The maximum Gasteiger partial charge on any atom is 0.0978 e. The van der Waals surface area contributed by atoms with Crippen LogP contribution in [0.5, 0.6) is 0 Å². The third kappa shape index (κ3) is 5.48. The molecule has 0 amide bonds. The molecule has 1 atom stereocenters. The first-order chi connectivity index (χ1) is 9.24. The van der Waals surface area contributed by atoms with E-state index in [2.05, 4.69) is 41.5 Å². The minimum Gasteiger partial charge on any atom is -0.303 e. The summed E-state index contributed by atoms with van der Waals surface area (Å²) in [6.07, 6.45) is 2.11. The first kappa shape index (κ1) is 16.4. The summed E-state index contributed by atoms with van der Waals surface area (Å²) in [7, 11) is 0. The fraction of sp³-hybridized carbons (Fsp3) is 0.933. The number of nitrogens with zero attached hydrogens (tertiary/aromatic N) is 4. The summed E-state index contributed by atoms with van der Waals surface area (Å²) >= 11 is 0. The fourth-order valence-corrected chi connectivity index (χ4v) is 2.72. The summed E-state index contributed by atoms with van der Waals surface area (Å²) in [5.74, 6) is 0. The van der Waals surface area contributed by atoms with E-state index in [4.69, 9.17) is 0 Å². The second kappa shape index (κ2) is 9.30. The molecule has 1 aliphatic heterocycles. The average Bonchev–Trinajstić information content (AvgIpc) is 2.46.